The van der Waals surface area contributed by atoms with Gasteiger partial charge in [-0.3, -0.25) is 4.98 Å². The maximum atomic E-state index is 6.01. The molecule has 0 amide bonds. The molecule has 0 spiro atoms. The monoisotopic (exact) mass is 428 g/mol. The van der Waals surface area contributed by atoms with Gasteiger partial charge in [-0.2, -0.15) is 19.5 Å². The van der Waals surface area contributed by atoms with E-state index in [1.807, 2.05) is 42.5 Å². The molecule has 1 aromatic carbocycles. The van der Waals surface area contributed by atoms with E-state index in [1.54, 1.807) is 24.6 Å². The Labute approximate surface area is 183 Å². The lowest BCUT2D eigenvalue weighted by Crippen LogP contribution is -2.12. The topological polar surface area (TPSA) is 129 Å². The molecule has 0 aliphatic carbocycles. The summed E-state index contributed by atoms with van der Waals surface area (Å²) in [6.45, 7) is 1.07. The number of nitrogens with zero attached hydrogens (tertiary/aromatic N) is 6. The van der Waals surface area contributed by atoms with E-state index in [0.29, 0.717) is 36.5 Å². The van der Waals surface area contributed by atoms with Gasteiger partial charge in [-0.1, -0.05) is 18.2 Å². The normalized spacial score (nSPS) is 11.0. The molecule has 4 aromatic heterocycles. The molecule has 5 rings (SSSR count). The van der Waals surface area contributed by atoms with Gasteiger partial charge in [0.15, 0.2) is 5.76 Å². The molecule has 0 unspecified atom stereocenters. The van der Waals surface area contributed by atoms with Gasteiger partial charge in [0.05, 0.1) is 12.0 Å². The van der Waals surface area contributed by atoms with Gasteiger partial charge in [0.2, 0.25) is 17.7 Å². The third kappa shape index (κ3) is 4.33. The smallest absolute Gasteiger partial charge is 0.259 e. The molecule has 0 saturated heterocycles. The van der Waals surface area contributed by atoms with Gasteiger partial charge in [0, 0.05) is 12.7 Å². The average Bonchev–Trinajstić information content (AvgIpc) is 3.50. The SMILES string of the molecule is Nc1nc(NCCc2ccc(OCc3ccccn3)cc2)nc2nc(-c3ccco3)nn12. The Kier molecular flexibility index (Phi) is 5.31. The number of anilines is 2. The van der Waals surface area contributed by atoms with Gasteiger partial charge in [-0.05, 0) is 48.4 Å². The maximum absolute atomic E-state index is 6.01. The van der Waals surface area contributed by atoms with Crippen LogP contribution in [-0.2, 0) is 13.0 Å². The van der Waals surface area contributed by atoms with Crippen LogP contribution in [0.1, 0.15) is 11.3 Å². The summed E-state index contributed by atoms with van der Waals surface area (Å²) in [5.41, 5.74) is 8.06. The summed E-state index contributed by atoms with van der Waals surface area (Å²) < 4.78 is 12.5. The van der Waals surface area contributed by atoms with Gasteiger partial charge in [-0.25, -0.2) is 0 Å². The number of hydrogen-bond donors (Lipinski definition) is 2. The van der Waals surface area contributed by atoms with Crippen LogP contribution in [-0.4, -0.2) is 36.1 Å². The fraction of sp³-hybridized carbons (Fsp3) is 0.136. The summed E-state index contributed by atoms with van der Waals surface area (Å²) in [6.07, 6.45) is 4.09. The maximum Gasteiger partial charge on any atom is 0.259 e. The standard InChI is InChI=1S/C22H20N8O2/c23-20-27-21(28-22-26-19(29-30(20)22)18-5-3-13-31-18)25-12-10-15-6-8-17(9-7-15)32-14-16-4-1-2-11-24-16/h1-9,11,13H,10,12,14H2,(H3,23,25,26,27,28,29). The molecular formula is C22H20N8O2. The van der Waals surface area contributed by atoms with Gasteiger partial charge >= 0.3 is 0 Å². The summed E-state index contributed by atoms with van der Waals surface area (Å²) in [5.74, 6) is 2.67. The van der Waals surface area contributed by atoms with Crippen LogP contribution in [0.4, 0.5) is 11.9 Å². The minimum atomic E-state index is 0.192. The highest BCUT2D eigenvalue weighted by Gasteiger charge is 2.13. The molecule has 3 N–H and O–H groups in total. The van der Waals surface area contributed by atoms with Crippen molar-refractivity contribution < 1.29 is 9.15 Å². The summed E-state index contributed by atoms with van der Waals surface area (Å²) >= 11 is 0. The highest BCUT2D eigenvalue weighted by Crippen LogP contribution is 2.18. The second-order valence-electron chi connectivity index (χ2n) is 6.96. The van der Waals surface area contributed by atoms with Crippen LogP contribution in [0.15, 0.2) is 71.5 Å². The number of furan rings is 1. The number of pyridine rings is 1. The lowest BCUT2D eigenvalue weighted by Gasteiger charge is -2.08. The van der Waals surface area contributed by atoms with Crippen LogP contribution in [0, 0.1) is 0 Å². The van der Waals surface area contributed by atoms with E-state index in [4.69, 9.17) is 14.9 Å². The molecule has 32 heavy (non-hydrogen) atoms. The fourth-order valence-corrected chi connectivity index (χ4v) is 3.11. The molecule has 4 heterocycles. The Morgan fingerprint density at radius 2 is 1.91 bits per heavy atom. The molecule has 0 aliphatic rings. The van der Waals surface area contributed by atoms with Crippen molar-refractivity contribution in [2.75, 3.05) is 17.6 Å². The third-order valence-electron chi connectivity index (χ3n) is 4.71. The molecule has 10 nitrogen and oxygen atoms in total. The molecule has 160 valence electrons. The minimum absolute atomic E-state index is 0.192. The number of hydrogen-bond acceptors (Lipinski definition) is 9. The lowest BCUT2D eigenvalue weighted by atomic mass is 10.1. The number of fused-ring (bicyclic) bond motifs is 1. The van der Waals surface area contributed by atoms with E-state index in [0.717, 1.165) is 23.4 Å². The van der Waals surface area contributed by atoms with E-state index in [2.05, 4.69) is 30.4 Å². The van der Waals surface area contributed by atoms with Crippen molar-refractivity contribution in [2.45, 2.75) is 13.0 Å². The summed E-state index contributed by atoms with van der Waals surface area (Å²) in [5, 5.41) is 7.47. The Morgan fingerprint density at radius 1 is 1.00 bits per heavy atom. The molecule has 0 atom stereocenters. The van der Waals surface area contributed by atoms with E-state index in [1.165, 1.54) is 4.52 Å². The Balaban J connectivity index is 1.18. The van der Waals surface area contributed by atoms with Crippen LogP contribution in [0.25, 0.3) is 17.4 Å². The van der Waals surface area contributed by atoms with Gasteiger partial charge < -0.3 is 20.2 Å². The van der Waals surface area contributed by atoms with Crippen molar-refractivity contribution in [3.63, 3.8) is 0 Å². The fourth-order valence-electron chi connectivity index (χ4n) is 3.11. The van der Waals surface area contributed by atoms with Crippen molar-refractivity contribution in [3.8, 4) is 17.3 Å². The summed E-state index contributed by atoms with van der Waals surface area (Å²) in [6, 6.07) is 17.3. The second kappa shape index (κ2) is 8.72. The van der Waals surface area contributed by atoms with Crippen molar-refractivity contribution in [2.24, 2.45) is 0 Å². The number of aromatic nitrogens is 6. The number of nitrogens with two attached hydrogens (primary N) is 1. The lowest BCUT2D eigenvalue weighted by molar-refractivity contribution is 0.301. The molecule has 0 saturated carbocycles. The van der Waals surface area contributed by atoms with Crippen LogP contribution in [0.5, 0.6) is 5.75 Å². The molecule has 0 bridgehead atoms. The van der Waals surface area contributed by atoms with E-state index >= 15 is 0 Å². The molecule has 10 heteroatoms. The van der Waals surface area contributed by atoms with Gasteiger partial charge in [0.25, 0.3) is 5.78 Å². The van der Waals surface area contributed by atoms with Crippen LogP contribution >= 0.6 is 0 Å². The number of rotatable bonds is 8. The number of nitrogens with one attached hydrogen (secondary N) is 1. The highest BCUT2D eigenvalue weighted by atomic mass is 16.5. The number of nitrogen functional groups attached to an aromatic ring is 1. The molecule has 0 aliphatic heterocycles. The Hall–Kier alpha value is -4.47. The van der Waals surface area contributed by atoms with Crippen molar-refractivity contribution in [3.05, 3.63) is 78.3 Å². The predicted molar refractivity (Wildman–Crippen MR) is 118 cm³/mol. The summed E-state index contributed by atoms with van der Waals surface area (Å²) in [4.78, 5) is 17.3. The van der Waals surface area contributed by atoms with E-state index in [-0.39, 0.29) is 5.95 Å². The van der Waals surface area contributed by atoms with E-state index in [9.17, 15) is 0 Å². The molecule has 0 radical (unpaired) electrons. The highest BCUT2D eigenvalue weighted by molar-refractivity contribution is 5.52. The first-order chi connectivity index (χ1) is 15.7. The number of ether oxygens (including phenoxy) is 1. The largest absolute Gasteiger partial charge is 0.487 e. The first-order valence-corrected chi connectivity index (χ1v) is 10.0. The van der Waals surface area contributed by atoms with Crippen molar-refractivity contribution >= 4 is 17.7 Å². The Bertz CT molecular complexity index is 1300. The third-order valence-corrected chi connectivity index (χ3v) is 4.71. The number of benzene rings is 1. The van der Waals surface area contributed by atoms with Crippen LogP contribution in [0.3, 0.4) is 0 Å². The summed E-state index contributed by atoms with van der Waals surface area (Å²) in [7, 11) is 0. The minimum Gasteiger partial charge on any atom is -0.487 e. The molecule has 0 fully saturated rings. The molecule has 5 aromatic rings. The first kappa shape index (κ1) is 19.5. The zero-order chi connectivity index (χ0) is 21.8. The quantitative estimate of drug-likeness (QED) is 0.383. The van der Waals surface area contributed by atoms with Crippen LogP contribution < -0.4 is 15.8 Å². The van der Waals surface area contributed by atoms with Crippen molar-refractivity contribution in [1.29, 1.82) is 0 Å². The van der Waals surface area contributed by atoms with Crippen molar-refractivity contribution in [1.82, 2.24) is 29.5 Å². The van der Waals surface area contributed by atoms with Gasteiger partial charge in [0.1, 0.15) is 12.4 Å². The van der Waals surface area contributed by atoms with E-state index < -0.39 is 0 Å². The molecular weight excluding hydrogens is 408 g/mol. The zero-order valence-corrected chi connectivity index (χ0v) is 17.0. The Morgan fingerprint density at radius 3 is 2.69 bits per heavy atom. The zero-order valence-electron chi connectivity index (χ0n) is 17.0. The second-order valence-corrected chi connectivity index (χ2v) is 6.96. The first-order valence-electron chi connectivity index (χ1n) is 10.0. The van der Waals surface area contributed by atoms with Gasteiger partial charge in [-0.15, -0.1) is 5.10 Å². The van der Waals surface area contributed by atoms with Crippen LogP contribution in [0.2, 0.25) is 0 Å². The predicted octanol–water partition coefficient (Wildman–Crippen LogP) is 2.99. The average molecular weight is 428 g/mol.